The number of fused-ring (bicyclic) bond motifs is 10. The maximum atomic E-state index is 10.1. The fraction of sp³-hybridized carbons (Fsp3) is 0.177. The SMILES string of the molecule is [2H]c1c([2H])c([2H])c2c(c1[2H])c1c([2H])c([2H])c([2H])c([2H])c1n2-c1ccc2c(c1)N(c1c(-c3ccccc3)cc(C(C)(C)C)cc1-c1nc(-c3ccccc3)nc(-c3ccccc3)n1)c1cc(-c3cc(C(C)(C)C)cc(C(C)(C)C)c3)cc3c1B2c1ccc(-n2c4ccc(C(C)(C)C)cc4c4cc(C(C)(C)C)ccc42)cc1N3c1ccc(-c2ccccc2)cc1-c1ccccc1. The number of rotatable bonds is 11. The fourth-order valence-electron chi connectivity index (χ4n) is 18.1. The van der Waals surface area contributed by atoms with E-state index in [9.17, 15) is 11.0 Å². The second-order valence-electron chi connectivity index (χ2n) is 37.9. The molecular weight excluding hydrogens is 1470 g/mol. The van der Waals surface area contributed by atoms with Crippen molar-refractivity contribution in [2.45, 2.75) is 131 Å². The summed E-state index contributed by atoms with van der Waals surface area (Å²) in [7, 11) is 0. The van der Waals surface area contributed by atoms with Crippen LogP contribution >= 0.6 is 0 Å². The van der Waals surface area contributed by atoms with Crippen molar-refractivity contribution in [3.63, 3.8) is 0 Å². The number of anilines is 6. The minimum Gasteiger partial charge on any atom is -0.311 e. The van der Waals surface area contributed by atoms with E-state index in [4.69, 9.17) is 15.0 Å². The summed E-state index contributed by atoms with van der Waals surface area (Å²) in [6.07, 6.45) is 0. The van der Waals surface area contributed by atoms with Crippen LogP contribution in [0.5, 0.6) is 0 Å². The van der Waals surface area contributed by atoms with Crippen LogP contribution < -0.4 is 26.2 Å². The van der Waals surface area contributed by atoms with Crippen molar-refractivity contribution in [1.82, 2.24) is 24.1 Å². The molecule has 7 nitrogen and oxygen atoms in total. The largest absolute Gasteiger partial charge is 0.311 e. The highest BCUT2D eigenvalue weighted by Crippen LogP contribution is 2.55. The van der Waals surface area contributed by atoms with Gasteiger partial charge in [-0.3, -0.25) is 0 Å². The van der Waals surface area contributed by atoms with Gasteiger partial charge in [-0.2, -0.15) is 0 Å². The Morgan fingerprint density at radius 1 is 0.256 bits per heavy atom. The van der Waals surface area contributed by atoms with Gasteiger partial charge in [-0.1, -0.05) is 340 Å². The quantitative estimate of drug-likeness (QED) is 0.121. The maximum Gasteiger partial charge on any atom is 0.252 e. The molecule has 0 bridgehead atoms. The monoisotopic (exact) mass is 1570 g/mol. The van der Waals surface area contributed by atoms with Crippen LogP contribution in [0.15, 0.2) is 333 Å². The fourth-order valence-corrected chi connectivity index (χ4v) is 18.1. The lowest BCUT2D eigenvalue weighted by molar-refractivity contribution is 0.569. The molecule has 121 heavy (non-hydrogen) atoms. The summed E-state index contributed by atoms with van der Waals surface area (Å²) in [6, 6.07) is 99.2. The Morgan fingerprint density at radius 3 is 1.13 bits per heavy atom. The molecular formula is C113H100BN7. The van der Waals surface area contributed by atoms with E-state index >= 15 is 0 Å². The Kier molecular flexibility index (Phi) is 16.0. The summed E-state index contributed by atoms with van der Waals surface area (Å²) < 4.78 is 81.4. The van der Waals surface area contributed by atoms with Crippen LogP contribution in [0.25, 0.3) is 134 Å². The van der Waals surface area contributed by atoms with E-state index < -0.39 is 60.5 Å². The average Bonchev–Trinajstić information content (AvgIpc) is 1.61. The molecule has 0 saturated heterocycles. The third-order valence-electron chi connectivity index (χ3n) is 24.7. The first-order valence-corrected chi connectivity index (χ1v) is 42.2. The predicted octanol–water partition coefficient (Wildman–Crippen LogP) is 28.3. The van der Waals surface area contributed by atoms with Gasteiger partial charge in [0, 0.05) is 83.5 Å². The van der Waals surface area contributed by atoms with Crippen LogP contribution in [0, 0.1) is 0 Å². The van der Waals surface area contributed by atoms with Gasteiger partial charge in [0.2, 0.25) is 0 Å². The van der Waals surface area contributed by atoms with Crippen molar-refractivity contribution in [1.29, 1.82) is 0 Å². The molecule has 18 aromatic rings. The molecule has 0 amide bonds. The van der Waals surface area contributed by atoms with E-state index in [2.05, 4.69) is 331 Å². The van der Waals surface area contributed by atoms with E-state index in [0.29, 0.717) is 40.1 Å². The second kappa shape index (κ2) is 28.7. The van der Waals surface area contributed by atoms with Crippen LogP contribution in [0.3, 0.4) is 0 Å². The molecule has 590 valence electrons. The minimum atomic E-state index is -0.613. The highest BCUT2D eigenvalue weighted by molar-refractivity contribution is 7.00. The molecule has 0 atom stereocenters. The molecule has 0 aliphatic carbocycles. The standard InChI is InChI=1S/C113H100BN7/c1-109(2,3)79-50-57-98-90(65-79)91-66-80(110(4,5)6)51-58-99(91)119(98)84-52-54-93-100(69-84)120(97-56-49-76(71-35-21-16-22-36-71)61-88(97)72-37-23-17-24-38-72)102-62-78(77-59-81(111(7,8)9)64-82(60-77)112(10,11)12)63-103-104(102)114(93)94-55-53-85(118-95-47-33-31-45-86(95)87-46-32-34-48-96(87)118)70-101(94)121(103)105-89(73-39-25-18-26-40-73)67-83(113(13,14)15)68-92(105)108-116-106(74-41-27-19-28-42-74)115-107(117-108)75-43-29-20-30-44-75/h16-70H,1-15H3/i31D,32D,33D,34D,45D,46D,47D,48D. The number of aromatic nitrogens is 5. The molecule has 0 saturated carbocycles. The number of hydrogen-bond donors (Lipinski definition) is 0. The normalized spacial score (nSPS) is 14.0. The molecule has 0 radical (unpaired) electrons. The van der Waals surface area contributed by atoms with Crippen LogP contribution in [0.1, 0.15) is 143 Å². The van der Waals surface area contributed by atoms with Crippen molar-refractivity contribution < 1.29 is 11.0 Å². The topological polar surface area (TPSA) is 55.0 Å². The van der Waals surface area contributed by atoms with Gasteiger partial charge in [-0.15, -0.1) is 0 Å². The lowest BCUT2D eigenvalue weighted by Crippen LogP contribution is -2.61. The van der Waals surface area contributed by atoms with Gasteiger partial charge in [0.1, 0.15) is 0 Å². The van der Waals surface area contributed by atoms with Gasteiger partial charge >= 0.3 is 0 Å². The van der Waals surface area contributed by atoms with Crippen LogP contribution in [0.4, 0.5) is 34.1 Å². The molecule has 20 rings (SSSR count). The first-order chi connectivity index (χ1) is 61.5. The lowest BCUT2D eigenvalue weighted by Gasteiger charge is -2.46. The van der Waals surface area contributed by atoms with Crippen LogP contribution in [0.2, 0.25) is 0 Å². The molecule has 15 aromatic carbocycles. The van der Waals surface area contributed by atoms with Crippen LogP contribution in [-0.4, -0.2) is 30.8 Å². The Balaban J connectivity index is 1.01. The number of para-hydroxylation sites is 2. The predicted molar refractivity (Wildman–Crippen MR) is 514 cm³/mol. The van der Waals surface area contributed by atoms with Gasteiger partial charge in [0.15, 0.2) is 17.5 Å². The molecule has 2 aliphatic heterocycles. The number of hydrogen-bond acceptors (Lipinski definition) is 5. The number of benzene rings is 15. The van der Waals surface area contributed by atoms with E-state index in [1.807, 2.05) is 72.8 Å². The average molecular weight is 1570 g/mol. The van der Waals surface area contributed by atoms with E-state index in [0.717, 1.165) is 139 Å². The Labute approximate surface area is 723 Å². The molecule has 0 spiro atoms. The summed E-state index contributed by atoms with van der Waals surface area (Å²) >= 11 is 0. The first-order valence-electron chi connectivity index (χ1n) is 46.2. The molecule has 0 fully saturated rings. The lowest BCUT2D eigenvalue weighted by atomic mass is 9.33. The highest BCUT2D eigenvalue weighted by Gasteiger charge is 2.46. The van der Waals surface area contributed by atoms with Gasteiger partial charge in [-0.05, 0) is 202 Å². The Hall–Kier alpha value is -13.4. The van der Waals surface area contributed by atoms with Gasteiger partial charge < -0.3 is 18.9 Å². The zero-order valence-corrected chi connectivity index (χ0v) is 71.3. The smallest absolute Gasteiger partial charge is 0.252 e. The summed E-state index contributed by atoms with van der Waals surface area (Å²) in [5.41, 5.74) is 25.7. The van der Waals surface area contributed by atoms with Crippen molar-refractivity contribution in [3.05, 3.63) is 361 Å². The van der Waals surface area contributed by atoms with Crippen molar-refractivity contribution >= 4 is 101 Å². The maximum absolute atomic E-state index is 10.1. The van der Waals surface area contributed by atoms with Gasteiger partial charge in [-0.25, -0.2) is 15.0 Å². The zero-order chi connectivity index (χ0) is 90.3. The third kappa shape index (κ3) is 13.3. The number of nitrogens with zero attached hydrogens (tertiary/aromatic N) is 7. The van der Waals surface area contributed by atoms with Gasteiger partial charge in [0.25, 0.3) is 6.71 Å². The Bertz CT molecular complexity index is 7430. The summed E-state index contributed by atoms with van der Waals surface area (Å²) in [5.74, 6) is 1.33. The summed E-state index contributed by atoms with van der Waals surface area (Å²) in [5, 5.41) is 2.28. The van der Waals surface area contributed by atoms with E-state index in [1.54, 1.807) is 4.57 Å². The van der Waals surface area contributed by atoms with Crippen molar-refractivity contribution in [2.75, 3.05) is 9.80 Å². The molecule has 0 unspecified atom stereocenters. The van der Waals surface area contributed by atoms with E-state index in [-0.39, 0.29) is 43.5 Å². The summed E-state index contributed by atoms with van der Waals surface area (Å²) in [4.78, 5) is 21.8. The molecule has 2 aliphatic rings. The minimum absolute atomic E-state index is 0.00364. The first kappa shape index (κ1) is 67.5. The van der Waals surface area contributed by atoms with E-state index in [1.165, 1.54) is 11.1 Å². The third-order valence-corrected chi connectivity index (χ3v) is 24.7. The Morgan fingerprint density at radius 2 is 0.653 bits per heavy atom. The van der Waals surface area contributed by atoms with Crippen molar-refractivity contribution in [3.8, 4) is 90.0 Å². The van der Waals surface area contributed by atoms with Crippen molar-refractivity contribution in [2.24, 2.45) is 0 Å². The van der Waals surface area contributed by atoms with Gasteiger partial charge in [0.05, 0.1) is 44.4 Å². The second-order valence-corrected chi connectivity index (χ2v) is 37.9. The molecule has 5 heterocycles. The molecule has 8 heteroatoms. The summed E-state index contributed by atoms with van der Waals surface area (Å²) in [6.45, 7) is 33.5. The highest BCUT2D eigenvalue weighted by atomic mass is 15.2. The molecule has 3 aromatic heterocycles. The zero-order valence-electron chi connectivity index (χ0n) is 79.3. The molecule has 0 N–H and O–H groups in total. The van der Waals surface area contributed by atoms with Crippen LogP contribution in [-0.2, 0) is 27.1 Å².